The Balaban J connectivity index is 0.00000114. The average molecular weight is 607 g/mol. The summed E-state index contributed by atoms with van der Waals surface area (Å²) in [6.07, 6.45) is -2.10. The number of hydrogen-bond donors (Lipinski definition) is 3. The van der Waals surface area contributed by atoms with Gasteiger partial charge in [-0.3, -0.25) is 0 Å². The van der Waals surface area contributed by atoms with E-state index in [1.807, 2.05) is 44.2 Å². The van der Waals surface area contributed by atoms with E-state index in [1.54, 1.807) is 13.8 Å². The fourth-order valence-electron chi connectivity index (χ4n) is 4.82. The molecule has 0 spiro atoms. The number of fused-ring (bicyclic) bond motifs is 1. The van der Waals surface area contributed by atoms with Crippen LogP contribution in [0.15, 0.2) is 59.5 Å². The molecule has 2 aliphatic heterocycles. The Hall–Kier alpha value is -2.74. The summed E-state index contributed by atoms with van der Waals surface area (Å²) in [7, 11) is -3.93. The molecule has 4 rings (SSSR count). The molecule has 42 heavy (non-hydrogen) atoms. The normalized spacial score (nSPS) is 21.5. The summed E-state index contributed by atoms with van der Waals surface area (Å²) in [6, 6.07) is 14.5. The number of nitrogens with zero attached hydrogens (tertiary/aromatic N) is 1. The maximum atomic E-state index is 13.5. The summed E-state index contributed by atoms with van der Waals surface area (Å²) in [5.41, 5.74) is 7.07. The number of nitrogens with one attached hydrogen (secondary N) is 1. The first-order chi connectivity index (χ1) is 19.9. The average Bonchev–Trinajstić information content (AvgIpc) is 3.53. The standard InChI is InChI=1S/C27H37N3O7S.C3H7O/c1-18(2)15-30(38(33,34)21-10-8-20(28)9-11-21)16-24(31)23(14-19-6-4-3-5-7-19)29-27(32)37-25-17-36-26-22(25)12-13-35-26;1-3(2)4/h3-11,18,22-26,31H,12-17,28H2,1-2H3,(H,29,32);3H,1-2H3/q;-1/t22-,23-,24+,25-,26+;/m0./s1. The summed E-state index contributed by atoms with van der Waals surface area (Å²) in [6.45, 7) is 7.80. The van der Waals surface area contributed by atoms with E-state index in [1.165, 1.54) is 28.6 Å². The van der Waals surface area contributed by atoms with E-state index in [9.17, 15) is 23.4 Å². The smallest absolute Gasteiger partial charge is 0.407 e. The summed E-state index contributed by atoms with van der Waals surface area (Å²) >= 11 is 0. The van der Waals surface area contributed by atoms with E-state index >= 15 is 0 Å². The molecule has 2 aliphatic rings. The Morgan fingerprint density at radius 2 is 1.74 bits per heavy atom. The maximum absolute atomic E-state index is 13.5. The number of nitrogens with two attached hydrogens (primary N) is 1. The van der Waals surface area contributed by atoms with Gasteiger partial charge in [-0.15, -0.1) is 6.10 Å². The minimum Gasteiger partial charge on any atom is -0.852 e. The number of benzene rings is 2. The number of ether oxygens (including phenoxy) is 3. The zero-order valence-electron chi connectivity index (χ0n) is 24.7. The summed E-state index contributed by atoms with van der Waals surface area (Å²) in [5, 5.41) is 23.6. The molecule has 0 bridgehead atoms. The van der Waals surface area contributed by atoms with Crippen LogP contribution in [0.4, 0.5) is 10.5 Å². The van der Waals surface area contributed by atoms with Gasteiger partial charge in [-0.1, -0.05) is 58.0 Å². The lowest BCUT2D eigenvalue weighted by Crippen LogP contribution is -2.51. The third kappa shape index (κ3) is 9.92. The SMILES string of the molecule is CC(C)CN(C[C@@H](O)[C@H](Cc1ccccc1)NC(=O)O[C@H]1CO[C@H]2OCC[C@H]21)S(=O)(=O)c1ccc(N)cc1.CC(C)[O-]. The first-order valence-corrected chi connectivity index (χ1v) is 15.7. The quantitative estimate of drug-likeness (QED) is 0.325. The van der Waals surface area contributed by atoms with Gasteiger partial charge >= 0.3 is 6.09 Å². The van der Waals surface area contributed by atoms with Crippen LogP contribution in [0.5, 0.6) is 0 Å². The number of aliphatic hydroxyl groups is 1. The minimum atomic E-state index is -3.93. The molecule has 2 heterocycles. The van der Waals surface area contributed by atoms with E-state index in [-0.39, 0.29) is 49.1 Å². The molecule has 2 aromatic rings. The summed E-state index contributed by atoms with van der Waals surface area (Å²) in [4.78, 5) is 13.0. The molecule has 2 fully saturated rings. The van der Waals surface area contributed by atoms with Crippen LogP contribution in [-0.2, 0) is 30.7 Å². The molecule has 12 heteroatoms. The molecule has 4 N–H and O–H groups in total. The maximum Gasteiger partial charge on any atom is 0.407 e. The van der Waals surface area contributed by atoms with Crippen molar-refractivity contribution in [2.24, 2.45) is 11.8 Å². The number of rotatable bonds is 11. The van der Waals surface area contributed by atoms with Gasteiger partial charge in [0.05, 0.1) is 36.2 Å². The number of aliphatic hydroxyl groups excluding tert-OH is 1. The molecule has 11 nitrogen and oxygen atoms in total. The molecule has 5 atom stereocenters. The van der Waals surface area contributed by atoms with Crippen molar-refractivity contribution in [1.82, 2.24) is 9.62 Å². The zero-order valence-corrected chi connectivity index (χ0v) is 25.5. The van der Waals surface area contributed by atoms with Crippen molar-refractivity contribution in [3.8, 4) is 0 Å². The largest absolute Gasteiger partial charge is 0.852 e. The second kappa shape index (κ2) is 15.6. The van der Waals surface area contributed by atoms with Crippen LogP contribution in [0, 0.1) is 11.8 Å². The summed E-state index contributed by atoms with van der Waals surface area (Å²) < 4.78 is 44.9. The van der Waals surface area contributed by atoms with Gasteiger partial charge in [0.15, 0.2) is 6.29 Å². The van der Waals surface area contributed by atoms with Crippen molar-refractivity contribution in [3.63, 3.8) is 0 Å². The Morgan fingerprint density at radius 1 is 1.10 bits per heavy atom. The minimum absolute atomic E-state index is 0.000183. The Morgan fingerprint density at radius 3 is 2.36 bits per heavy atom. The molecule has 234 valence electrons. The number of sulfonamides is 1. The van der Waals surface area contributed by atoms with Crippen molar-refractivity contribution in [1.29, 1.82) is 0 Å². The van der Waals surface area contributed by atoms with Gasteiger partial charge in [0, 0.05) is 18.8 Å². The van der Waals surface area contributed by atoms with Crippen molar-refractivity contribution >= 4 is 21.8 Å². The zero-order chi connectivity index (χ0) is 30.9. The molecule has 0 saturated carbocycles. The number of nitrogen functional groups attached to an aromatic ring is 1. The van der Waals surface area contributed by atoms with Crippen LogP contribution in [0.3, 0.4) is 0 Å². The summed E-state index contributed by atoms with van der Waals surface area (Å²) in [5.74, 6) is -0.0231. The van der Waals surface area contributed by atoms with Gasteiger partial charge < -0.3 is 35.5 Å². The molecular weight excluding hydrogens is 562 g/mol. The van der Waals surface area contributed by atoms with Gasteiger partial charge in [-0.25, -0.2) is 13.2 Å². The van der Waals surface area contributed by atoms with Gasteiger partial charge in [0.2, 0.25) is 10.0 Å². The highest BCUT2D eigenvalue weighted by molar-refractivity contribution is 7.89. The van der Waals surface area contributed by atoms with Gasteiger partial charge in [0.25, 0.3) is 0 Å². The second-order valence-corrected chi connectivity index (χ2v) is 13.2. The van der Waals surface area contributed by atoms with Gasteiger partial charge in [-0.2, -0.15) is 4.31 Å². The fraction of sp³-hybridized carbons (Fsp3) is 0.567. The number of anilines is 1. The lowest BCUT2D eigenvalue weighted by Gasteiger charge is -2.31. The highest BCUT2D eigenvalue weighted by Crippen LogP contribution is 2.33. The molecule has 0 aliphatic carbocycles. The number of carbonyl (C=O) groups excluding carboxylic acids is 1. The van der Waals surface area contributed by atoms with E-state index in [4.69, 9.17) is 19.9 Å². The van der Waals surface area contributed by atoms with Crippen LogP contribution in [0.1, 0.15) is 39.7 Å². The molecule has 2 saturated heterocycles. The van der Waals surface area contributed by atoms with Gasteiger partial charge in [-0.05, 0) is 48.6 Å². The molecule has 0 unspecified atom stereocenters. The number of alkyl carbamates (subject to hydrolysis) is 1. The highest BCUT2D eigenvalue weighted by atomic mass is 32.2. The number of hydrogen-bond acceptors (Lipinski definition) is 9. The predicted molar refractivity (Wildman–Crippen MR) is 157 cm³/mol. The molecule has 1 amide bonds. The fourth-order valence-corrected chi connectivity index (χ4v) is 6.45. The second-order valence-electron chi connectivity index (χ2n) is 11.3. The van der Waals surface area contributed by atoms with Crippen LogP contribution >= 0.6 is 0 Å². The Labute approximate surface area is 249 Å². The van der Waals surface area contributed by atoms with E-state index in [0.29, 0.717) is 12.3 Å². The predicted octanol–water partition coefficient (Wildman–Crippen LogP) is 2.13. The van der Waals surface area contributed by atoms with Crippen molar-refractivity contribution in [2.75, 3.05) is 32.0 Å². The van der Waals surface area contributed by atoms with Crippen LogP contribution in [0.25, 0.3) is 0 Å². The number of amides is 1. The van der Waals surface area contributed by atoms with Gasteiger partial charge in [0.1, 0.15) is 6.10 Å². The Bertz CT molecular complexity index is 1210. The van der Waals surface area contributed by atoms with Crippen LogP contribution < -0.4 is 16.2 Å². The van der Waals surface area contributed by atoms with E-state index in [0.717, 1.165) is 12.0 Å². The van der Waals surface area contributed by atoms with Crippen molar-refractivity contribution in [2.45, 2.75) is 76.1 Å². The molecule has 2 aromatic carbocycles. The monoisotopic (exact) mass is 606 g/mol. The molecular formula is C30H44N3O8S-. The topological polar surface area (TPSA) is 163 Å². The van der Waals surface area contributed by atoms with Crippen LogP contribution in [-0.4, -0.2) is 80.9 Å². The lowest BCUT2D eigenvalue weighted by molar-refractivity contribution is -0.407. The van der Waals surface area contributed by atoms with E-state index in [2.05, 4.69) is 5.32 Å². The lowest BCUT2D eigenvalue weighted by atomic mass is 10.0. The Kier molecular flexibility index (Phi) is 12.6. The van der Waals surface area contributed by atoms with Crippen molar-refractivity contribution < 1.29 is 37.6 Å². The molecule has 0 radical (unpaired) electrons. The first kappa shape index (κ1) is 33.8. The first-order valence-electron chi connectivity index (χ1n) is 14.3. The third-order valence-electron chi connectivity index (χ3n) is 6.79. The molecule has 0 aromatic heterocycles. The highest BCUT2D eigenvalue weighted by Gasteiger charge is 2.44. The third-order valence-corrected chi connectivity index (χ3v) is 8.63. The van der Waals surface area contributed by atoms with Crippen molar-refractivity contribution in [3.05, 3.63) is 60.2 Å². The van der Waals surface area contributed by atoms with Crippen LogP contribution in [0.2, 0.25) is 0 Å². The number of carbonyl (C=O) groups is 1. The van der Waals surface area contributed by atoms with E-state index < -0.39 is 40.5 Å².